The molecule has 5 nitrogen and oxygen atoms in total. The van der Waals surface area contributed by atoms with Crippen molar-refractivity contribution in [2.75, 3.05) is 13.1 Å². The van der Waals surface area contributed by atoms with Crippen molar-refractivity contribution in [2.24, 2.45) is 0 Å². The Kier molecular flexibility index (Phi) is 5.21. The monoisotopic (exact) mass is 361 g/mol. The molecule has 27 heavy (non-hydrogen) atoms. The first-order chi connectivity index (χ1) is 12.9. The summed E-state index contributed by atoms with van der Waals surface area (Å²) >= 11 is 0. The second kappa shape index (κ2) is 7.58. The van der Waals surface area contributed by atoms with Crippen LogP contribution in [0.3, 0.4) is 0 Å². The molecule has 0 atom stereocenters. The molecule has 1 heterocycles. The van der Waals surface area contributed by atoms with E-state index in [-0.39, 0.29) is 11.5 Å². The standard InChI is InChI=1S/C22H23N3O2/c1-5-24(14-15(2)3)21(26)17-10-12-18(13-11-17)25-16(4)23-20-9-7-6-8-19(20)22(25)27/h6-13H,2,5,14H2,1,3-4H3. The molecule has 3 rings (SSSR count). The van der Waals surface area contributed by atoms with Crippen molar-refractivity contribution in [3.63, 3.8) is 0 Å². The maximum absolute atomic E-state index is 12.9. The Morgan fingerprint density at radius 1 is 1.15 bits per heavy atom. The van der Waals surface area contributed by atoms with Gasteiger partial charge in [0.05, 0.1) is 16.6 Å². The largest absolute Gasteiger partial charge is 0.335 e. The number of carbonyl (C=O) groups excluding carboxylic acids is 1. The summed E-state index contributed by atoms with van der Waals surface area (Å²) < 4.78 is 1.57. The van der Waals surface area contributed by atoms with Gasteiger partial charge in [-0.1, -0.05) is 24.3 Å². The normalized spacial score (nSPS) is 10.8. The zero-order valence-electron chi connectivity index (χ0n) is 15.9. The number of aromatic nitrogens is 2. The summed E-state index contributed by atoms with van der Waals surface area (Å²) in [7, 11) is 0. The third-order valence-electron chi connectivity index (χ3n) is 4.45. The van der Waals surface area contributed by atoms with E-state index in [1.165, 1.54) is 0 Å². The molecule has 0 unspecified atom stereocenters. The van der Waals surface area contributed by atoms with Crippen LogP contribution in [0.25, 0.3) is 16.6 Å². The Morgan fingerprint density at radius 2 is 1.81 bits per heavy atom. The molecule has 0 saturated heterocycles. The highest BCUT2D eigenvalue weighted by Crippen LogP contribution is 2.15. The minimum absolute atomic E-state index is 0.0484. The van der Waals surface area contributed by atoms with Crippen LogP contribution in [0.5, 0.6) is 0 Å². The number of aryl methyl sites for hydroxylation is 1. The molecule has 0 bridgehead atoms. The number of para-hydroxylation sites is 1. The van der Waals surface area contributed by atoms with Gasteiger partial charge in [-0.3, -0.25) is 14.2 Å². The average Bonchev–Trinajstić information content (AvgIpc) is 2.66. The smallest absolute Gasteiger partial charge is 0.265 e. The number of hydrogen-bond donors (Lipinski definition) is 0. The first-order valence-corrected chi connectivity index (χ1v) is 8.95. The molecular formula is C22H23N3O2. The molecule has 0 aliphatic carbocycles. The Bertz CT molecular complexity index is 1070. The second-order valence-electron chi connectivity index (χ2n) is 6.64. The number of amides is 1. The van der Waals surface area contributed by atoms with E-state index >= 15 is 0 Å². The molecule has 5 heteroatoms. The second-order valence-corrected chi connectivity index (χ2v) is 6.64. The Hall–Kier alpha value is -3.21. The third kappa shape index (κ3) is 3.67. The van der Waals surface area contributed by atoms with E-state index in [0.717, 1.165) is 5.57 Å². The van der Waals surface area contributed by atoms with Crippen LogP contribution in [-0.4, -0.2) is 33.4 Å². The topological polar surface area (TPSA) is 55.2 Å². The van der Waals surface area contributed by atoms with Gasteiger partial charge in [0.15, 0.2) is 0 Å². The summed E-state index contributed by atoms with van der Waals surface area (Å²) in [4.78, 5) is 31.8. The summed E-state index contributed by atoms with van der Waals surface area (Å²) in [6, 6.07) is 14.4. The number of carbonyl (C=O) groups is 1. The Morgan fingerprint density at radius 3 is 2.44 bits per heavy atom. The molecule has 0 aliphatic rings. The molecule has 2 aromatic carbocycles. The van der Waals surface area contributed by atoms with Crippen molar-refractivity contribution >= 4 is 16.8 Å². The van der Waals surface area contributed by atoms with Crippen molar-refractivity contribution in [2.45, 2.75) is 20.8 Å². The molecule has 0 saturated carbocycles. The minimum atomic E-state index is -0.116. The van der Waals surface area contributed by atoms with Gasteiger partial charge in [-0.05, 0) is 57.2 Å². The van der Waals surface area contributed by atoms with Gasteiger partial charge < -0.3 is 4.90 Å². The molecular weight excluding hydrogens is 338 g/mol. The molecule has 0 fully saturated rings. The first kappa shape index (κ1) is 18.6. The van der Waals surface area contributed by atoms with E-state index in [9.17, 15) is 9.59 Å². The van der Waals surface area contributed by atoms with Gasteiger partial charge in [0.2, 0.25) is 0 Å². The van der Waals surface area contributed by atoms with Crippen molar-refractivity contribution in [1.82, 2.24) is 14.5 Å². The van der Waals surface area contributed by atoms with Gasteiger partial charge in [0, 0.05) is 18.7 Å². The minimum Gasteiger partial charge on any atom is -0.335 e. The van der Waals surface area contributed by atoms with Gasteiger partial charge in [0.25, 0.3) is 11.5 Å². The van der Waals surface area contributed by atoms with Crippen LogP contribution in [0.1, 0.15) is 30.0 Å². The van der Waals surface area contributed by atoms with Crippen LogP contribution < -0.4 is 5.56 Å². The van der Waals surface area contributed by atoms with Crippen LogP contribution in [-0.2, 0) is 0 Å². The van der Waals surface area contributed by atoms with E-state index in [2.05, 4.69) is 11.6 Å². The van der Waals surface area contributed by atoms with Gasteiger partial charge in [-0.15, -0.1) is 0 Å². The maximum atomic E-state index is 12.9. The van der Waals surface area contributed by atoms with Crippen molar-refractivity contribution < 1.29 is 4.79 Å². The molecule has 0 N–H and O–H groups in total. The number of likely N-dealkylation sites (N-methyl/N-ethyl adjacent to an activating group) is 1. The lowest BCUT2D eigenvalue weighted by Crippen LogP contribution is -2.32. The van der Waals surface area contributed by atoms with Crippen molar-refractivity contribution in [1.29, 1.82) is 0 Å². The fourth-order valence-electron chi connectivity index (χ4n) is 3.14. The van der Waals surface area contributed by atoms with Gasteiger partial charge in [0.1, 0.15) is 5.82 Å². The summed E-state index contributed by atoms with van der Waals surface area (Å²) in [6.45, 7) is 10.7. The molecule has 0 radical (unpaired) electrons. The average molecular weight is 361 g/mol. The number of rotatable bonds is 5. The lowest BCUT2D eigenvalue weighted by atomic mass is 10.1. The fourth-order valence-corrected chi connectivity index (χ4v) is 3.14. The SMILES string of the molecule is C=C(C)CN(CC)C(=O)c1ccc(-n2c(C)nc3ccccc3c2=O)cc1. The van der Waals surface area contributed by atoms with Crippen LogP contribution >= 0.6 is 0 Å². The van der Waals surface area contributed by atoms with E-state index in [4.69, 9.17) is 0 Å². The molecule has 3 aromatic rings. The Balaban J connectivity index is 1.99. The molecule has 0 aliphatic heterocycles. The third-order valence-corrected chi connectivity index (χ3v) is 4.45. The summed E-state index contributed by atoms with van der Waals surface area (Å²) in [6.07, 6.45) is 0. The predicted molar refractivity (Wildman–Crippen MR) is 108 cm³/mol. The van der Waals surface area contributed by atoms with Gasteiger partial charge in [-0.2, -0.15) is 0 Å². The highest BCUT2D eigenvalue weighted by Gasteiger charge is 2.15. The highest BCUT2D eigenvalue weighted by molar-refractivity contribution is 5.94. The summed E-state index contributed by atoms with van der Waals surface area (Å²) in [5, 5.41) is 0.571. The molecule has 0 spiro atoms. The van der Waals surface area contributed by atoms with Crippen LogP contribution in [0.15, 0.2) is 65.5 Å². The van der Waals surface area contributed by atoms with Crippen LogP contribution in [0.4, 0.5) is 0 Å². The molecule has 138 valence electrons. The van der Waals surface area contributed by atoms with Crippen LogP contribution in [0, 0.1) is 6.92 Å². The lowest BCUT2D eigenvalue weighted by Gasteiger charge is -2.21. The van der Waals surface area contributed by atoms with Crippen molar-refractivity contribution in [3.8, 4) is 5.69 Å². The van der Waals surface area contributed by atoms with E-state index in [1.807, 2.05) is 32.0 Å². The van der Waals surface area contributed by atoms with E-state index in [0.29, 0.717) is 41.1 Å². The predicted octanol–water partition coefficient (Wildman–Crippen LogP) is 3.73. The highest BCUT2D eigenvalue weighted by atomic mass is 16.2. The van der Waals surface area contributed by atoms with Crippen molar-refractivity contribution in [3.05, 3.63) is 82.4 Å². The van der Waals surface area contributed by atoms with Crippen LogP contribution in [0.2, 0.25) is 0 Å². The lowest BCUT2D eigenvalue weighted by molar-refractivity contribution is 0.0778. The number of benzene rings is 2. The quantitative estimate of drug-likeness (QED) is 0.651. The summed E-state index contributed by atoms with van der Waals surface area (Å²) in [5.41, 5.74) is 2.78. The first-order valence-electron chi connectivity index (χ1n) is 8.95. The zero-order chi connectivity index (χ0) is 19.6. The van der Waals surface area contributed by atoms with E-state index in [1.54, 1.807) is 46.7 Å². The number of hydrogen-bond acceptors (Lipinski definition) is 3. The zero-order valence-corrected chi connectivity index (χ0v) is 15.9. The van der Waals surface area contributed by atoms with Gasteiger partial charge in [-0.25, -0.2) is 4.98 Å². The van der Waals surface area contributed by atoms with Gasteiger partial charge >= 0.3 is 0 Å². The number of nitrogens with zero attached hydrogens (tertiary/aromatic N) is 3. The molecule has 1 amide bonds. The van der Waals surface area contributed by atoms with E-state index < -0.39 is 0 Å². The maximum Gasteiger partial charge on any atom is 0.265 e. The summed E-state index contributed by atoms with van der Waals surface area (Å²) in [5.74, 6) is 0.558. The molecule has 1 aromatic heterocycles. The fraction of sp³-hybridized carbons (Fsp3) is 0.227. The number of fused-ring (bicyclic) bond motifs is 1. The Labute approximate surface area is 158 Å².